The molecule has 0 heterocycles. The summed E-state index contributed by atoms with van der Waals surface area (Å²) in [7, 11) is 0. The number of halogens is 1. The number of amides is 1. The second-order valence-electron chi connectivity index (χ2n) is 4.84. The van der Waals surface area contributed by atoms with Crippen LogP contribution in [0.3, 0.4) is 0 Å². The Morgan fingerprint density at radius 2 is 2.05 bits per heavy atom. The summed E-state index contributed by atoms with van der Waals surface area (Å²) in [6.07, 6.45) is -0.632. The molecular weight excluding hydrogens is 266 g/mol. The maximum absolute atomic E-state index is 11.7. The maximum Gasteiger partial charge on any atom is 0.284 e. The highest BCUT2D eigenvalue weighted by Gasteiger charge is 2.16. The van der Waals surface area contributed by atoms with Gasteiger partial charge in [-0.2, -0.15) is 0 Å². The molecule has 0 aromatic heterocycles. The normalized spacial score (nSPS) is 12.3. The smallest absolute Gasteiger partial charge is 0.284 e. The number of ether oxygens (including phenoxy) is 1. The summed E-state index contributed by atoms with van der Waals surface area (Å²) < 4.78 is 5.57. The van der Waals surface area contributed by atoms with Crippen LogP contribution in [0.4, 0.5) is 0 Å². The van der Waals surface area contributed by atoms with Gasteiger partial charge >= 0.3 is 0 Å². The predicted octanol–water partition coefficient (Wildman–Crippen LogP) is 3.12. The molecule has 0 saturated carbocycles. The first kappa shape index (κ1) is 15.8. The van der Waals surface area contributed by atoms with Crippen molar-refractivity contribution in [3.63, 3.8) is 0 Å². The zero-order valence-electron chi connectivity index (χ0n) is 11.7. The van der Waals surface area contributed by atoms with Crippen molar-refractivity contribution in [2.45, 2.75) is 33.8 Å². The van der Waals surface area contributed by atoms with E-state index in [4.69, 9.17) is 21.2 Å². The third-order valence-electron chi connectivity index (χ3n) is 2.40. The van der Waals surface area contributed by atoms with Crippen LogP contribution in [0.1, 0.15) is 26.3 Å². The Bertz CT molecular complexity index is 435. The van der Waals surface area contributed by atoms with Gasteiger partial charge in [0.05, 0.1) is 6.61 Å². The van der Waals surface area contributed by atoms with Gasteiger partial charge in [-0.25, -0.2) is 5.48 Å². The quantitative estimate of drug-likeness (QED) is 0.817. The van der Waals surface area contributed by atoms with Crippen LogP contribution in [0, 0.1) is 12.8 Å². The van der Waals surface area contributed by atoms with Gasteiger partial charge < -0.3 is 4.74 Å². The minimum Gasteiger partial charge on any atom is -0.481 e. The molecule has 1 aromatic carbocycles. The summed E-state index contributed by atoms with van der Waals surface area (Å²) in [5, 5.41) is 0.641. The largest absolute Gasteiger partial charge is 0.481 e. The molecule has 5 heteroatoms. The lowest BCUT2D eigenvalue weighted by atomic mass is 10.2. The van der Waals surface area contributed by atoms with Gasteiger partial charge in [0.15, 0.2) is 6.10 Å². The Morgan fingerprint density at radius 3 is 2.63 bits per heavy atom. The molecule has 0 radical (unpaired) electrons. The molecule has 1 amide bonds. The van der Waals surface area contributed by atoms with Crippen LogP contribution < -0.4 is 10.2 Å². The van der Waals surface area contributed by atoms with Gasteiger partial charge in [0.1, 0.15) is 5.75 Å². The van der Waals surface area contributed by atoms with Crippen LogP contribution >= 0.6 is 11.6 Å². The van der Waals surface area contributed by atoms with Crippen LogP contribution in [0.15, 0.2) is 18.2 Å². The number of hydrogen-bond acceptors (Lipinski definition) is 3. The molecule has 1 atom stereocenters. The maximum atomic E-state index is 11.7. The standard InChI is InChI=1S/C14H20ClNO3/c1-9(2)8-18-16-14(17)11(4)19-13-6-5-12(15)7-10(13)3/h5-7,9,11H,8H2,1-4H3,(H,16,17). The Balaban J connectivity index is 2.49. The number of benzene rings is 1. The summed E-state index contributed by atoms with van der Waals surface area (Å²) in [6.45, 7) is 8.02. The van der Waals surface area contributed by atoms with Gasteiger partial charge in [0, 0.05) is 5.02 Å². The topological polar surface area (TPSA) is 47.6 Å². The van der Waals surface area contributed by atoms with Gasteiger partial charge in [-0.15, -0.1) is 0 Å². The van der Waals surface area contributed by atoms with Crippen molar-refractivity contribution in [3.05, 3.63) is 28.8 Å². The molecule has 1 aromatic rings. The van der Waals surface area contributed by atoms with Crippen LogP contribution in [0.5, 0.6) is 5.75 Å². The summed E-state index contributed by atoms with van der Waals surface area (Å²) in [5.74, 6) is 0.681. The lowest BCUT2D eigenvalue weighted by molar-refractivity contribution is -0.140. The summed E-state index contributed by atoms with van der Waals surface area (Å²) >= 11 is 5.86. The number of rotatable bonds is 6. The number of carbonyl (C=O) groups is 1. The van der Waals surface area contributed by atoms with E-state index in [-0.39, 0.29) is 5.91 Å². The van der Waals surface area contributed by atoms with E-state index in [9.17, 15) is 4.79 Å². The number of carbonyl (C=O) groups excluding carboxylic acids is 1. The fraction of sp³-hybridized carbons (Fsp3) is 0.500. The van der Waals surface area contributed by atoms with Crippen molar-refractivity contribution >= 4 is 17.5 Å². The molecule has 0 saturated heterocycles. The fourth-order valence-electron chi connectivity index (χ4n) is 1.35. The second kappa shape index (κ2) is 7.36. The van der Waals surface area contributed by atoms with Crippen LogP contribution in [-0.2, 0) is 9.63 Å². The fourth-order valence-corrected chi connectivity index (χ4v) is 1.58. The van der Waals surface area contributed by atoms with E-state index in [1.807, 2.05) is 20.8 Å². The first-order chi connectivity index (χ1) is 8.90. The Kier molecular flexibility index (Phi) is 6.12. The minimum absolute atomic E-state index is 0.310. The lowest BCUT2D eigenvalue weighted by Gasteiger charge is -2.16. The van der Waals surface area contributed by atoms with E-state index < -0.39 is 6.10 Å². The summed E-state index contributed by atoms with van der Waals surface area (Å²) in [5.41, 5.74) is 3.26. The second-order valence-corrected chi connectivity index (χ2v) is 5.28. The number of nitrogens with one attached hydrogen (secondary N) is 1. The number of aryl methyl sites for hydroxylation is 1. The molecular formula is C14H20ClNO3. The molecule has 106 valence electrons. The third-order valence-corrected chi connectivity index (χ3v) is 2.63. The monoisotopic (exact) mass is 285 g/mol. The highest BCUT2D eigenvalue weighted by Crippen LogP contribution is 2.22. The van der Waals surface area contributed by atoms with Gasteiger partial charge in [-0.05, 0) is 43.5 Å². The molecule has 0 bridgehead atoms. The van der Waals surface area contributed by atoms with E-state index in [1.54, 1.807) is 25.1 Å². The van der Waals surface area contributed by atoms with E-state index in [2.05, 4.69) is 5.48 Å². The van der Waals surface area contributed by atoms with E-state index in [1.165, 1.54) is 0 Å². The van der Waals surface area contributed by atoms with Crippen molar-refractivity contribution in [3.8, 4) is 5.75 Å². The average Bonchev–Trinajstić information content (AvgIpc) is 2.32. The highest BCUT2D eigenvalue weighted by molar-refractivity contribution is 6.30. The molecule has 19 heavy (non-hydrogen) atoms. The Labute approximate surface area is 119 Å². The number of hydroxylamine groups is 1. The minimum atomic E-state index is -0.632. The van der Waals surface area contributed by atoms with Crippen molar-refractivity contribution in [2.75, 3.05) is 6.61 Å². The molecule has 0 fully saturated rings. The average molecular weight is 286 g/mol. The van der Waals surface area contributed by atoms with Crippen molar-refractivity contribution < 1.29 is 14.4 Å². The van der Waals surface area contributed by atoms with Crippen LogP contribution in [0.25, 0.3) is 0 Å². The third kappa shape index (κ3) is 5.49. The van der Waals surface area contributed by atoms with Gasteiger partial charge in [-0.3, -0.25) is 9.63 Å². The Hall–Kier alpha value is -1.26. The zero-order chi connectivity index (χ0) is 14.4. The van der Waals surface area contributed by atoms with Gasteiger partial charge in [0.2, 0.25) is 0 Å². The van der Waals surface area contributed by atoms with Crippen LogP contribution in [-0.4, -0.2) is 18.6 Å². The summed E-state index contributed by atoms with van der Waals surface area (Å²) in [4.78, 5) is 16.8. The van der Waals surface area contributed by atoms with E-state index >= 15 is 0 Å². The molecule has 0 spiro atoms. The van der Waals surface area contributed by atoms with E-state index in [0.29, 0.717) is 23.3 Å². The molecule has 0 aliphatic carbocycles. The molecule has 4 nitrogen and oxygen atoms in total. The first-order valence-electron chi connectivity index (χ1n) is 6.24. The number of hydrogen-bond donors (Lipinski definition) is 1. The molecule has 1 unspecified atom stereocenters. The lowest BCUT2D eigenvalue weighted by Crippen LogP contribution is -2.37. The SMILES string of the molecule is Cc1cc(Cl)ccc1OC(C)C(=O)NOCC(C)C. The molecule has 0 aliphatic heterocycles. The molecule has 1 rings (SSSR count). The van der Waals surface area contributed by atoms with E-state index in [0.717, 1.165) is 5.56 Å². The van der Waals surface area contributed by atoms with Crippen molar-refractivity contribution in [1.82, 2.24) is 5.48 Å². The van der Waals surface area contributed by atoms with Crippen molar-refractivity contribution in [2.24, 2.45) is 5.92 Å². The van der Waals surface area contributed by atoms with Gasteiger partial charge in [0.25, 0.3) is 5.91 Å². The molecule has 1 N–H and O–H groups in total. The predicted molar refractivity (Wildman–Crippen MR) is 75.2 cm³/mol. The van der Waals surface area contributed by atoms with Crippen molar-refractivity contribution in [1.29, 1.82) is 0 Å². The van der Waals surface area contributed by atoms with Crippen LogP contribution in [0.2, 0.25) is 5.02 Å². The molecule has 0 aliphatic rings. The Morgan fingerprint density at radius 1 is 1.37 bits per heavy atom. The van der Waals surface area contributed by atoms with Gasteiger partial charge in [-0.1, -0.05) is 25.4 Å². The zero-order valence-corrected chi connectivity index (χ0v) is 12.5. The summed E-state index contributed by atoms with van der Waals surface area (Å²) in [6, 6.07) is 5.26. The highest BCUT2D eigenvalue weighted by atomic mass is 35.5. The first-order valence-corrected chi connectivity index (χ1v) is 6.62.